The average molecular weight is 403 g/mol. The third-order valence-electron chi connectivity index (χ3n) is 4.77. The monoisotopic (exact) mass is 402 g/mol. The number of hydrogen-bond donors (Lipinski definition) is 3. The molecule has 0 heterocycles. The summed E-state index contributed by atoms with van der Waals surface area (Å²) in [6.45, 7) is 4.45. The fraction of sp³-hybridized carbons (Fsp3) is 0.364. The minimum absolute atomic E-state index is 0.00773. The number of rotatable bonds is 9. The van der Waals surface area contributed by atoms with Crippen molar-refractivity contribution in [2.75, 3.05) is 6.54 Å². The molecule has 0 bridgehead atoms. The molecule has 0 saturated heterocycles. The largest absolute Gasteiger partial charge is 0.508 e. The molecule has 3 N–H and O–H groups in total. The molecular formula is C22H27ClN2O3. The van der Waals surface area contributed by atoms with Gasteiger partial charge in [-0.1, -0.05) is 44.0 Å². The number of carbonyl (C=O) groups excluding carboxylic acids is 2. The fourth-order valence-electron chi connectivity index (χ4n) is 2.80. The van der Waals surface area contributed by atoms with E-state index in [1.54, 1.807) is 36.4 Å². The zero-order valence-electron chi connectivity index (χ0n) is 16.2. The Morgan fingerprint density at radius 3 is 2.32 bits per heavy atom. The summed E-state index contributed by atoms with van der Waals surface area (Å²) in [5.74, 6) is -0.221. The summed E-state index contributed by atoms with van der Waals surface area (Å²) >= 11 is 5.86. The maximum absolute atomic E-state index is 12.6. The number of hydrogen-bond acceptors (Lipinski definition) is 3. The van der Waals surface area contributed by atoms with Crippen LogP contribution in [0, 0.1) is 5.92 Å². The van der Waals surface area contributed by atoms with Crippen molar-refractivity contribution in [2.45, 2.75) is 39.2 Å². The van der Waals surface area contributed by atoms with Crippen molar-refractivity contribution in [3.8, 4) is 5.75 Å². The van der Waals surface area contributed by atoms with Gasteiger partial charge in [-0.15, -0.1) is 0 Å². The lowest BCUT2D eigenvalue weighted by atomic mass is 9.97. The summed E-state index contributed by atoms with van der Waals surface area (Å²) in [5, 5.41) is 15.6. The molecule has 0 aliphatic heterocycles. The Bertz CT molecular complexity index is 775. The van der Waals surface area contributed by atoms with Crippen molar-refractivity contribution in [3.05, 3.63) is 64.7 Å². The molecule has 0 aliphatic rings. The maximum atomic E-state index is 12.6. The van der Waals surface area contributed by atoms with Gasteiger partial charge < -0.3 is 15.7 Å². The van der Waals surface area contributed by atoms with Crippen LogP contribution in [0.2, 0.25) is 5.02 Å². The number of phenolic OH excluding ortho intramolecular Hbond substituents is 1. The Kier molecular flexibility index (Phi) is 8.33. The van der Waals surface area contributed by atoms with Crippen LogP contribution in [0.25, 0.3) is 0 Å². The van der Waals surface area contributed by atoms with E-state index in [9.17, 15) is 14.7 Å². The first kappa shape index (κ1) is 21.8. The van der Waals surface area contributed by atoms with E-state index in [1.807, 2.05) is 26.0 Å². The van der Waals surface area contributed by atoms with Gasteiger partial charge >= 0.3 is 0 Å². The van der Waals surface area contributed by atoms with Gasteiger partial charge in [-0.05, 0) is 60.7 Å². The number of phenols is 1. The Balaban J connectivity index is 1.88. The van der Waals surface area contributed by atoms with Crippen LogP contribution in [0.15, 0.2) is 48.5 Å². The smallest absolute Gasteiger partial charge is 0.251 e. The van der Waals surface area contributed by atoms with Crippen molar-refractivity contribution < 1.29 is 14.7 Å². The molecular weight excluding hydrogens is 376 g/mol. The number of aryl methyl sites for hydroxylation is 1. The molecule has 0 fully saturated rings. The number of aromatic hydroxyl groups is 1. The number of nitrogens with one attached hydrogen (secondary N) is 2. The molecule has 150 valence electrons. The van der Waals surface area contributed by atoms with Crippen LogP contribution in [0.4, 0.5) is 0 Å². The molecule has 2 atom stereocenters. The first-order valence-corrected chi connectivity index (χ1v) is 9.90. The molecule has 6 heteroatoms. The van der Waals surface area contributed by atoms with Crippen LogP contribution < -0.4 is 10.6 Å². The molecule has 0 saturated carbocycles. The summed E-state index contributed by atoms with van der Waals surface area (Å²) in [4.78, 5) is 25.1. The lowest BCUT2D eigenvalue weighted by molar-refractivity contribution is -0.124. The Labute approximate surface area is 171 Å². The zero-order chi connectivity index (χ0) is 20.5. The molecule has 0 radical (unpaired) electrons. The van der Waals surface area contributed by atoms with E-state index in [0.717, 1.165) is 24.8 Å². The van der Waals surface area contributed by atoms with Crippen LogP contribution in [0.5, 0.6) is 5.75 Å². The molecule has 5 nitrogen and oxygen atoms in total. The summed E-state index contributed by atoms with van der Waals surface area (Å²) in [6.07, 6.45) is 2.34. The minimum atomic E-state index is -0.596. The van der Waals surface area contributed by atoms with E-state index in [1.165, 1.54) is 0 Å². The molecule has 0 aromatic heterocycles. The quantitative estimate of drug-likeness (QED) is 0.556. The second-order valence-electron chi connectivity index (χ2n) is 6.90. The second-order valence-corrected chi connectivity index (χ2v) is 7.34. The molecule has 28 heavy (non-hydrogen) atoms. The highest BCUT2D eigenvalue weighted by atomic mass is 35.5. The van der Waals surface area contributed by atoms with Gasteiger partial charge in [0.2, 0.25) is 5.91 Å². The SMILES string of the molecule is CCC(C)C(NC(=O)c1ccc(Cl)cc1)C(=O)NCCCc1ccc(O)cc1. The first-order chi connectivity index (χ1) is 13.4. The molecule has 0 aliphatic carbocycles. The van der Waals surface area contributed by atoms with Gasteiger partial charge in [0.1, 0.15) is 11.8 Å². The number of amides is 2. The van der Waals surface area contributed by atoms with Crippen molar-refractivity contribution in [2.24, 2.45) is 5.92 Å². The third kappa shape index (κ3) is 6.57. The fourth-order valence-corrected chi connectivity index (χ4v) is 2.93. The van der Waals surface area contributed by atoms with Crippen LogP contribution in [0.1, 0.15) is 42.6 Å². The highest BCUT2D eigenvalue weighted by Gasteiger charge is 2.26. The van der Waals surface area contributed by atoms with Gasteiger partial charge in [-0.25, -0.2) is 0 Å². The summed E-state index contributed by atoms with van der Waals surface area (Å²) in [6, 6.07) is 13.0. The number of carbonyl (C=O) groups is 2. The van der Waals surface area contributed by atoms with Crippen LogP contribution in [-0.2, 0) is 11.2 Å². The minimum Gasteiger partial charge on any atom is -0.508 e. The average Bonchev–Trinajstić information content (AvgIpc) is 2.70. The second kappa shape index (κ2) is 10.7. The molecule has 0 spiro atoms. The van der Waals surface area contributed by atoms with Crippen molar-refractivity contribution in [1.29, 1.82) is 0 Å². The zero-order valence-corrected chi connectivity index (χ0v) is 17.0. The van der Waals surface area contributed by atoms with Crippen LogP contribution >= 0.6 is 11.6 Å². The summed E-state index contributed by atoms with van der Waals surface area (Å²) in [5.41, 5.74) is 1.57. The van der Waals surface area contributed by atoms with Crippen molar-refractivity contribution in [1.82, 2.24) is 10.6 Å². The van der Waals surface area contributed by atoms with Crippen LogP contribution in [0.3, 0.4) is 0 Å². The van der Waals surface area contributed by atoms with E-state index in [4.69, 9.17) is 11.6 Å². The van der Waals surface area contributed by atoms with Gasteiger partial charge in [0.05, 0.1) is 0 Å². The number of benzene rings is 2. The summed E-state index contributed by atoms with van der Waals surface area (Å²) in [7, 11) is 0. The highest BCUT2D eigenvalue weighted by Crippen LogP contribution is 2.13. The predicted molar refractivity (Wildman–Crippen MR) is 112 cm³/mol. The maximum Gasteiger partial charge on any atom is 0.251 e. The Morgan fingerprint density at radius 2 is 1.71 bits per heavy atom. The predicted octanol–water partition coefficient (Wildman–Crippen LogP) is 3.94. The topological polar surface area (TPSA) is 78.4 Å². The number of halogens is 1. The molecule has 2 aromatic rings. The molecule has 2 unspecified atom stereocenters. The Morgan fingerprint density at radius 1 is 1.07 bits per heavy atom. The highest BCUT2D eigenvalue weighted by molar-refractivity contribution is 6.30. The van der Waals surface area contributed by atoms with Gasteiger partial charge in [-0.3, -0.25) is 9.59 Å². The van der Waals surface area contributed by atoms with Crippen molar-refractivity contribution in [3.63, 3.8) is 0 Å². The normalized spacial score (nSPS) is 12.8. The standard InChI is InChI=1S/C22H27ClN2O3/c1-3-15(2)20(25-21(27)17-8-10-18(23)11-9-17)22(28)24-14-4-5-16-6-12-19(26)13-7-16/h6-13,15,20,26H,3-5,14H2,1-2H3,(H,24,28)(H,25,27). The van der Waals surface area contributed by atoms with Crippen LogP contribution in [-0.4, -0.2) is 29.5 Å². The first-order valence-electron chi connectivity index (χ1n) is 9.52. The molecule has 2 rings (SSSR count). The lowest BCUT2D eigenvalue weighted by Gasteiger charge is -2.23. The van der Waals surface area contributed by atoms with E-state index in [0.29, 0.717) is 17.1 Å². The third-order valence-corrected chi connectivity index (χ3v) is 5.02. The Hall–Kier alpha value is -2.53. The lowest BCUT2D eigenvalue weighted by Crippen LogP contribution is -2.50. The van der Waals surface area contributed by atoms with Gasteiger partial charge in [-0.2, -0.15) is 0 Å². The van der Waals surface area contributed by atoms with Gasteiger partial charge in [0.15, 0.2) is 0 Å². The van der Waals surface area contributed by atoms with E-state index >= 15 is 0 Å². The van der Waals surface area contributed by atoms with E-state index < -0.39 is 6.04 Å². The summed E-state index contributed by atoms with van der Waals surface area (Å²) < 4.78 is 0. The van der Waals surface area contributed by atoms with Gasteiger partial charge in [0.25, 0.3) is 5.91 Å². The van der Waals surface area contributed by atoms with Gasteiger partial charge in [0, 0.05) is 17.1 Å². The molecule has 2 amide bonds. The van der Waals surface area contributed by atoms with E-state index in [-0.39, 0.29) is 23.5 Å². The van der Waals surface area contributed by atoms with E-state index in [2.05, 4.69) is 10.6 Å². The van der Waals surface area contributed by atoms with Crippen molar-refractivity contribution >= 4 is 23.4 Å². The molecule has 2 aromatic carbocycles.